The van der Waals surface area contributed by atoms with Gasteiger partial charge in [-0.3, -0.25) is 0 Å². The van der Waals surface area contributed by atoms with Crippen molar-refractivity contribution >= 4 is 11.6 Å². The minimum absolute atomic E-state index is 0.0725. The molecule has 0 radical (unpaired) electrons. The predicted molar refractivity (Wildman–Crippen MR) is 115 cm³/mol. The van der Waals surface area contributed by atoms with Crippen LogP contribution in [0.25, 0.3) is 0 Å². The van der Waals surface area contributed by atoms with E-state index in [0.29, 0.717) is 31.3 Å². The molecule has 8 heteroatoms. The lowest BCUT2D eigenvalue weighted by Crippen LogP contribution is -2.44. The molecule has 170 valence electrons. The van der Waals surface area contributed by atoms with Crippen LogP contribution < -0.4 is 5.73 Å². The first-order valence-electron chi connectivity index (χ1n) is 11.1. The third-order valence-corrected chi connectivity index (χ3v) is 8.13. The number of hydrogen-bond acceptors (Lipinski definition) is 3. The van der Waals surface area contributed by atoms with Gasteiger partial charge in [-0.25, -0.2) is 0 Å². The Morgan fingerprint density at radius 2 is 1.90 bits per heavy atom. The van der Waals surface area contributed by atoms with E-state index in [1.807, 2.05) is 18.2 Å². The van der Waals surface area contributed by atoms with Gasteiger partial charge in [-0.2, -0.15) is 13.2 Å². The lowest BCUT2D eigenvalue weighted by molar-refractivity contribution is -0.147. The number of halogens is 4. The van der Waals surface area contributed by atoms with Gasteiger partial charge in [0.25, 0.3) is 0 Å². The molecule has 2 aromatic rings. The van der Waals surface area contributed by atoms with E-state index in [-0.39, 0.29) is 10.8 Å². The first-order valence-corrected chi connectivity index (χ1v) is 11.5. The van der Waals surface area contributed by atoms with E-state index in [9.17, 15) is 13.2 Å². The molecule has 1 aliphatic heterocycles. The van der Waals surface area contributed by atoms with E-state index in [1.165, 1.54) is 10.1 Å². The van der Waals surface area contributed by atoms with E-state index in [1.54, 1.807) is 0 Å². The first-order chi connectivity index (χ1) is 14.7. The molecule has 0 saturated heterocycles. The van der Waals surface area contributed by atoms with Crippen molar-refractivity contribution in [2.24, 2.45) is 17.1 Å². The van der Waals surface area contributed by atoms with Gasteiger partial charge in [-0.05, 0) is 74.0 Å². The maximum absolute atomic E-state index is 13.3. The Balaban J connectivity index is 1.50. The van der Waals surface area contributed by atoms with Gasteiger partial charge >= 0.3 is 6.18 Å². The zero-order valence-electron chi connectivity index (χ0n) is 17.9. The molecular formula is C23H30ClF3N4. The monoisotopic (exact) mass is 454 g/mol. The van der Waals surface area contributed by atoms with Crippen LogP contribution in [0.4, 0.5) is 13.2 Å². The number of aromatic nitrogens is 3. The van der Waals surface area contributed by atoms with Gasteiger partial charge in [-0.1, -0.05) is 30.7 Å². The van der Waals surface area contributed by atoms with Crippen LogP contribution in [0, 0.1) is 11.3 Å². The number of alkyl halides is 3. The number of benzene rings is 1. The summed E-state index contributed by atoms with van der Waals surface area (Å²) in [6, 6.07) is 8.00. The van der Waals surface area contributed by atoms with Crippen molar-refractivity contribution in [1.82, 2.24) is 14.8 Å². The second-order valence-electron chi connectivity index (χ2n) is 9.62. The summed E-state index contributed by atoms with van der Waals surface area (Å²) in [6.45, 7) is 3.22. The van der Waals surface area contributed by atoms with Gasteiger partial charge in [0.1, 0.15) is 5.82 Å². The lowest BCUT2D eigenvalue weighted by Gasteiger charge is -2.49. The van der Waals surface area contributed by atoms with Crippen molar-refractivity contribution in [3.05, 3.63) is 46.5 Å². The van der Waals surface area contributed by atoms with Gasteiger partial charge in [0, 0.05) is 29.9 Å². The quantitative estimate of drug-likeness (QED) is 0.640. The van der Waals surface area contributed by atoms with Crippen molar-refractivity contribution in [3.63, 3.8) is 0 Å². The Kier molecular flexibility index (Phi) is 6.12. The molecule has 4 nitrogen and oxygen atoms in total. The third-order valence-electron chi connectivity index (χ3n) is 7.90. The van der Waals surface area contributed by atoms with Crippen molar-refractivity contribution in [3.8, 4) is 0 Å². The fraction of sp³-hybridized carbons (Fsp3) is 0.652. The Labute approximate surface area is 186 Å². The first kappa shape index (κ1) is 22.6. The Morgan fingerprint density at radius 3 is 2.55 bits per heavy atom. The number of fused-ring (bicyclic) bond motifs is 1. The average molecular weight is 455 g/mol. The molecule has 31 heavy (non-hydrogen) atoms. The number of nitrogens with two attached hydrogens (primary N) is 1. The van der Waals surface area contributed by atoms with Crippen molar-refractivity contribution < 1.29 is 13.2 Å². The fourth-order valence-electron chi connectivity index (χ4n) is 5.73. The molecule has 2 aliphatic rings. The SMILES string of the molecule is CC1(C2CCCc3nnc(C(F)(F)F)n3CC2)CCC(CN)(c2cccc(Cl)c2)CC1. The highest BCUT2D eigenvalue weighted by Crippen LogP contribution is 2.52. The summed E-state index contributed by atoms with van der Waals surface area (Å²) in [5, 5.41) is 7.99. The van der Waals surface area contributed by atoms with Gasteiger partial charge in [0.05, 0.1) is 0 Å². The number of nitrogens with zero attached hydrogens (tertiary/aromatic N) is 3. The van der Waals surface area contributed by atoms with E-state index in [0.717, 1.165) is 50.0 Å². The molecule has 1 unspecified atom stereocenters. The predicted octanol–water partition coefficient (Wildman–Crippen LogP) is 5.77. The summed E-state index contributed by atoms with van der Waals surface area (Å²) >= 11 is 6.24. The molecule has 1 fully saturated rings. The van der Waals surface area contributed by atoms with Crippen molar-refractivity contribution in [2.45, 2.75) is 76.4 Å². The Morgan fingerprint density at radius 1 is 1.16 bits per heavy atom. The summed E-state index contributed by atoms with van der Waals surface area (Å²) in [5.74, 6) is -0.0259. The van der Waals surface area contributed by atoms with Crippen LogP contribution in [0.3, 0.4) is 0 Å². The van der Waals surface area contributed by atoms with Crippen LogP contribution in [0.5, 0.6) is 0 Å². The molecule has 4 rings (SSSR count). The summed E-state index contributed by atoms with van der Waals surface area (Å²) in [6.07, 6.45) is 2.63. The molecule has 2 N–H and O–H groups in total. The number of rotatable bonds is 3. The highest BCUT2D eigenvalue weighted by atomic mass is 35.5. The minimum atomic E-state index is -4.47. The molecule has 1 aliphatic carbocycles. The fourth-order valence-corrected chi connectivity index (χ4v) is 5.92. The summed E-state index contributed by atoms with van der Waals surface area (Å²) in [7, 11) is 0. The summed E-state index contributed by atoms with van der Waals surface area (Å²) < 4.78 is 41.3. The zero-order chi connectivity index (χ0) is 22.3. The molecule has 1 atom stereocenters. The smallest absolute Gasteiger partial charge is 0.330 e. The molecule has 2 heterocycles. The van der Waals surface area contributed by atoms with Gasteiger partial charge < -0.3 is 10.3 Å². The number of aryl methyl sites for hydroxylation is 1. The largest absolute Gasteiger partial charge is 0.451 e. The summed E-state index contributed by atoms with van der Waals surface area (Å²) in [4.78, 5) is 0. The van der Waals surface area contributed by atoms with Crippen LogP contribution in [0.15, 0.2) is 24.3 Å². The Bertz CT molecular complexity index is 916. The highest BCUT2D eigenvalue weighted by molar-refractivity contribution is 6.30. The maximum atomic E-state index is 13.3. The van der Waals surface area contributed by atoms with Crippen LogP contribution >= 0.6 is 11.6 Å². The molecule has 1 saturated carbocycles. The van der Waals surface area contributed by atoms with E-state index < -0.39 is 12.0 Å². The standard InChI is InChI=1S/C23H30ClF3N4/c1-21(9-11-22(15-28,12-10-21)17-5-2-6-18(24)14-17)16-4-3-7-19-29-30-20(23(25,26)27)31(19)13-8-16/h2,5-6,14,16H,3-4,7-13,15,28H2,1H3. The van der Waals surface area contributed by atoms with Crippen LogP contribution in [-0.2, 0) is 24.6 Å². The number of hydrogen-bond donors (Lipinski definition) is 1. The molecule has 1 aromatic heterocycles. The lowest BCUT2D eigenvalue weighted by atomic mass is 9.57. The third kappa shape index (κ3) is 4.36. The second kappa shape index (κ2) is 8.39. The Hall–Kier alpha value is -1.60. The van der Waals surface area contributed by atoms with Gasteiger partial charge in [-0.15, -0.1) is 10.2 Å². The average Bonchev–Trinajstić information content (AvgIpc) is 3.11. The van der Waals surface area contributed by atoms with Crippen LogP contribution in [0.1, 0.15) is 69.1 Å². The molecule has 0 spiro atoms. The summed E-state index contributed by atoms with van der Waals surface area (Å²) in [5.41, 5.74) is 7.49. The topological polar surface area (TPSA) is 56.7 Å². The zero-order valence-corrected chi connectivity index (χ0v) is 18.6. The van der Waals surface area contributed by atoms with E-state index >= 15 is 0 Å². The normalized spacial score (nSPS) is 29.8. The van der Waals surface area contributed by atoms with Gasteiger partial charge in [0.15, 0.2) is 0 Å². The highest BCUT2D eigenvalue weighted by Gasteiger charge is 2.45. The van der Waals surface area contributed by atoms with Crippen molar-refractivity contribution in [2.75, 3.05) is 6.54 Å². The molecule has 1 aromatic carbocycles. The van der Waals surface area contributed by atoms with E-state index in [2.05, 4.69) is 23.2 Å². The molecule has 0 amide bonds. The molecule has 0 bridgehead atoms. The van der Waals surface area contributed by atoms with E-state index in [4.69, 9.17) is 17.3 Å². The minimum Gasteiger partial charge on any atom is -0.330 e. The maximum Gasteiger partial charge on any atom is 0.451 e. The van der Waals surface area contributed by atoms with Gasteiger partial charge in [0.2, 0.25) is 5.82 Å². The van der Waals surface area contributed by atoms with Crippen molar-refractivity contribution in [1.29, 1.82) is 0 Å². The van der Waals surface area contributed by atoms with Crippen LogP contribution in [-0.4, -0.2) is 21.3 Å². The van der Waals surface area contributed by atoms with Crippen LogP contribution in [0.2, 0.25) is 5.02 Å². The molecular weight excluding hydrogens is 425 g/mol. The second-order valence-corrected chi connectivity index (χ2v) is 10.1.